The molecular formula is C22H31IOSi. The molecule has 0 amide bonds. The van der Waals surface area contributed by atoms with Gasteiger partial charge in [-0.1, -0.05) is 111 Å². The van der Waals surface area contributed by atoms with E-state index < -0.39 is 8.32 Å². The second-order valence-corrected chi connectivity index (χ2v) is 14.3. The van der Waals surface area contributed by atoms with Crippen molar-refractivity contribution in [3.05, 3.63) is 60.7 Å². The molecule has 0 saturated heterocycles. The average molecular weight is 466 g/mol. The van der Waals surface area contributed by atoms with Crippen molar-refractivity contribution in [1.82, 2.24) is 0 Å². The highest BCUT2D eigenvalue weighted by molar-refractivity contribution is 14.1. The summed E-state index contributed by atoms with van der Waals surface area (Å²) in [4.78, 5) is 0. The van der Waals surface area contributed by atoms with Crippen LogP contribution >= 0.6 is 22.6 Å². The van der Waals surface area contributed by atoms with Gasteiger partial charge in [-0.2, -0.15) is 0 Å². The van der Waals surface area contributed by atoms with Crippen molar-refractivity contribution in [3.63, 3.8) is 0 Å². The molecule has 0 aliphatic rings. The summed E-state index contributed by atoms with van der Waals surface area (Å²) in [5, 5.41) is 2.78. The molecule has 25 heavy (non-hydrogen) atoms. The zero-order valence-electron chi connectivity index (χ0n) is 16.1. The molecule has 2 aromatic rings. The molecule has 0 heterocycles. The number of halogens is 1. The average Bonchev–Trinajstić information content (AvgIpc) is 2.58. The van der Waals surface area contributed by atoms with Crippen LogP contribution in [0.4, 0.5) is 0 Å². The Morgan fingerprint density at radius 1 is 0.840 bits per heavy atom. The number of alkyl halides is 1. The van der Waals surface area contributed by atoms with Crippen molar-refractivity contribution in [1.29, 1.82) is 0 Å². The highest BCUT2D eigenvalue weighted by atomic mass is 127. The standard InChI is InChI=1S/C22H31IOSi/c1-18(23)16-17-19(2)24-25(22(3,4)5,20-12-8-6-9-13-20)21-14-10-7-11-15-21/h6-15,18-19H,16-17H2,1-5H3/t18-,19+/m0/s1. The summed E-state index contributed by atoms with van der Waals surface area (Å²) in [6.45, 7) is 11.5. The van der Waals surface area contributed by atoms with Gasteiger partial charge in [-0.05, 0) is 35.2 Å². The van der Waals surface area contributed by atoms with Crippen LogP contribution in [0.25, 0.3) is 0 Å². The first kappa shape index (κ1) is 20.7. The van der Waals surface area contributed by atoms with E-state index >= 15 is 0 Å². The minimum atomic E-state index is -2.39. The molecule has 0 spiro atoms. The number of rotatable bonds is 7. The second-order valence-electron chi connectivity index (χ2n) is 7.95. The van der Waals surface area contributed by atoms with E-state index in [1.54, 1.807) is 0 Å². The Morgan fingerprint density at radius 3 is 1.64 bits per heavy atom. The summed E-state index contributed by atoms with van der Waals surface area (Å²) < 4.78 is 7.74. The topological polar surface area (TPSA) is 9.23 Å². The van der Waals surface area contributed by atoms with Gasteiger partial charge in [0.05, 0.1) is 0 Å². The first-order valence-electron chi connectivity index (χ1n) is 9.20. The Morgan fingerprint density at radius 2 is 1.28 bits per heavy atom. The molecule has 2 atom stereocenters. The minimum Gasteiger partial charge on any atom is -0.405 e. The van der Waals surface area contributed by atoms with Crippen molar-refractivity contribution in [2.24, 2.45) is 0 Å². The second kappa shape index (κ2) is 8.83. The normalized spacial score (nSPS) is 15.0. The van der Waals surface area contributed by atoms with E-state index in [1.807, 2.05) is 0 Å². The molecule has 136 valence electrons. The predicted molar refractivity (Wildman–Crippen MR) is 121 cm³/mol. The molecule has 0 unspecified atom stereocenters. The maximum absolute atomic E-state index is 7.06. The van der Waals surface area contributed by atoms with Crippen molar-refractivity contribution in [2.75, 3.05) is 0 Å². The summed E-state index contributed by atoms with van der Waals surface area (Å²) in [5.74, 6) is 0. The molecule has 0 aromatic heterocycles. The van der Waals surface area contributed by atoms with Gasteiger partial charge in [-0.25, -0.2) is 0 Å². The molecule has 0 bridgehead atoms. The van der Waals surface area contributed by atoms with E-state index in [0.717, 1.165) is 6.42 Å². The molecule has 0 aliphatic heterocycles. The van der Waals surface area contributed by atoms with E-state index in [1.165, 1.54) is 16.8 Å². The highest BCUT2D eigenvalue weighted by Gasteiger charge is 2.50. The third-order valence-electron chi connectivity index (χ3n) is 4.77. The van der Waals surface area contributed by atoms with E-state index in [2.05, 4.69) is 118 Å². The Labute approximate surface area is 168 Å². The Bertz CT molecular complexity index is 595. The smallest absolute Gasteiger partial charge is 0.261 e. The van der Waals surface area contributed by atoms with Gasteiger partial charge in [0.25, 0.3) is 8.32 Å². The van der Waals surface area contributed by atoms with Crippen LogP contribution in [0.15, 0.2) is 60.7 Å². The van der Waals surface area contributed by atoms with E-state index in [-0.39, 0.29) is 11.1 Å². The lowest BCUT2D eigenvalue weighted by atomic mass is 10.2. The zero-order chi connectivity index (χ0) is 18.5. The van der Waals surface area contributed by atoms with Gasteiger partial charge < -0.3 is 4.43 Å². The van der Waals surface area contributed by atoms with Crippen molar-refractivity contribution < 1.29 is 4.43 Å². The number of hydrogen-bond acceptors (Lipinski definition) is 1. The molecule has 2 rings (SSSR count). The van der Waals surface area contributed by atoms with Crippen LogP contribution in [0.3, 0.4) is 0 Å². The van der Waals surface area contributed by atoms with Crippen molar-refractivity contribution >= 4 is 41.3 Å². The monoisotopic (exact) mass is 466 g/mol. The lowest BCUT2D eigenvalue weighted by Gasteiger charge is -2.44. The van der Waals surface area contributed by atoms with Crippen molar-refractivity contribution in [3.8, 4) is 0 Å². The van der Waals surface area contributed by atoms with Crippen molar-refractivity contribution in [2.45, 2.75) is 62.5 Å². The number of benzene rings is 2. The fourth-order valence-electron chi connectivity index (χ4n) is 3.52. The SMILES string of the molecule is C[C@H](I)CC[C@@H](C)O[Si](c1ccccc1)(c1ccccc1)C(C)(C)C. The first-order chi connectivity index (χ1) is 11.8. The van der Waals surface area contributed by atoms with Crippen LogP contribution in [-0.2, 0) is 4.43 Å². The molecule has 1 nitrogen and oxygen atoms in total. The summed E-state index contributed by atoms with van der Waals surface area (Å²) in [5.41, 5.74) is 0. The Kier molecular flexibility index (Phi) is 7.29. The van der Waals surface area contributed by atoms with Crippen LogP contribution in [0, 0.1) is 0 Å². The van der Waals surface area contributed by atoms with Gasteiger partial charge in [-0.15, -0.1) is 0 Å². The minimum absolute atomic E-state index is 0.0555. The molecule has 0 aliphatic carbocycles. The zero-order valence-corrected chi connectivity index (χ0v) is 19.3. The summed E-state index contributed by atoms with van der Waals surface area (Å²) >= 11 is 2.51. The van der Waals surface area contributed by atoms with E-state index in [9.17, 15) is 0 Å². The first-order valence-corrected chi connectivity index (χ1v) is 12.4. The summed E-state index contributed by atoms with van der Waals surface area (Å²) in [7, 11) is -2.39. The summed E-state index contributed by atoms with van der Waals surface area (Å²) in [6.07, 6.45) is 2.55. The van der Waals surface area contributed by atoms with Gasteiger partial charge in [0.2, 0.25) is 0 Å². The van der Waals surface area contributed by atoms with Gasteiger partial charge in [0, 0.05) is 10.0 Å². The molecule has 0 radical (unpaired) electrons. The van der Waals surface area contributed by atoms with Crippen LogP contribution in [0.5, 0.6) is 0 Å². The van der Waals surface area contributed by atoms with Gasteiger partial charge >= 0.3 is 0 Å². The molecule has 3 heteroatoms. The quantitative estimate of drug-likeness (QED) is 0.295. The maximum Gasteiger partial charge on any atom is 0.261 e. The predicted octanol–water partition coefficient (Wildman–Crippen LogP) is 5.56. The van der Waals surface area contributed by atoms with Crippen LogP contribution in [0.1, 0.15) is 47.5 Å². The molecule has 0 fully saturated rings. The van der Waals surface area contributed by atoms with Crippen LogP contribution in [-0.4, -0.2) is 18.3 Å². The van der Waals surface area contributed by atoms with Crippen LogP contribution in [0.2, 0.25) is 5.04 Å². The third kappa shape index (κ3) is 4.95. The van der Waals surface area contributed by atoms with Gasteiger partial charge in [0.1, 0.15) is 0 Å². The fraction of sp³-hybridized carbons (Fsp3) is 0.455. The largest absolute Gasteiger partial charge is 0.405 e. The van der Waals surface area contributed by atoms with E-state index in [4.69, 9.17) is 4.43 Å². The molecule has 0 N–H and O–H groups in total. The lowest BCUT2D eigenvalue weighted by molar-refractivity contribution is 0.194. The molecule has 0 saturated carbocycles. The summed E-state index contributed by atoms with van der Waals surface area (Å²) in [6, 6.07) is 21.8. The van der Waals surface area contributed by atoms with Gasteiger partial charge in [0.15, 0.2) is 0 Å². The fourth-order valence-corrected chi connectivity index (χ4v) is 8.61. The Balaban J connectivity index is 2.53. The van der Waals surface area contributed by atoms with E-state index in [0.29, 0.717) is 3.92 Å². The third-order valence-corrected chi connectivity index (χ3v) is 10.5. The molecule has 2 aromatic carbocycles. The maximum atomic E-state index is 7.06. The molecular weight excluding hydrogens is 435 g/mol. The lowest BCUT2D eigenvalue weighted by Crippen LogP contribution is -2.67. The Hall–Kier alpha value is -0.653. The highest BCUT2D eigenvalue weighted by Crippen LogP contribution is 2.37. The van der Waals surface area contributed by atoms with Gasteiger partial charge in [-0.3, -0.25) is 0 Å². The number of hydrogen-bond donors (Lipinski definition) is 0. The van der Waals surface area contributed by atoms with Crippen LogP contribution < -0.4 is 10.4 Å².